The van der Waals surface area contributed by atoms with Crippen molar-refractivity contribution in [2.75, 3.05) is 20.1 Å². The van der Waals surface area contributed by atoms with E-state index in [4.69, 9.17) is 0 Å². The smallest absolute Gasteiger partial charge is 0.251 e. The summed E-state index contributed by atoms with van der Waals surface area (Å²) in [6.45, 7) is 1.95. The number of likely N-dealkylation sites (tertiary alicyclic amines) is 1. The summed E-state index contributed by atoms with van der Waals surface area (Å²) in [5.41, 5.74) is 0.483. The van der Waals surface area contributed by atoms with Crippen LogP contribution in [0.15, 0.2) is 22.7 Å². The fraction of sp³-hybridized carbons (Fsp3) is 0.462. The largest absolute Gasteiger partial charge is 0.348 e. The quantitative estimate of drug-likeness (QED) is 0.909. The Morgan fingerprint density at radius 1 is 1.56 bits per heavy atom. The topological polar surface area (TPSA) is 32.3 Å². The van der Waals surface area contributed by atoms with Crippen molar-refractivity contribution in [3.63, 3.8) is 0 Å². The second-order valence-corrected chi connectivity index (χ2v) is 5.56. The molecule has 1 heterocycles. The summed E-state index contributed by atoms with van der Waals surface area (Å²) in [6.07, 6.45) is 2.09. The Balaban J connectivity index is 2.00. The third-order valence-corrected chi connectivity index (χ3v) is 3.75. The highest BCUT2D eigenvalue weighted by atomic mass is 79.9. The number of nitrogens with zero attached hydrogens (tertiary/aromatic N) is 1. The van der Waals surface area contributed by atoms with E-state index in [1.807, 2.05) is 7.05 Å². The Morgan fingerprint density at radius 3 is 3.00 bits per heavy atom. The highest BCUT2D eigenvalue weighted by Gasteiger charge is 2.19. The molecule has 5 heteroatoms. The second kappa shape index (κ2) is 5.80. The van der Waals surface area contributed by atoms with Gasteiger partial charge in [-0.25, -0.2) is 4.39 Å². The number of nitrogens with one attached hydrogen (secondary N) is 1. The number of likely N-dealkylation sites (N-methyl/N-ethyl adjacent to an activating group) is 1. The van der Waals surface area contributed by atoms with Crippen LogP contribution in [-0.4, -0.2) is 37.0 Å². The molecule has 0 saturated carbocycles. The molecular weight excluding hydrogens is 299 g/mol. The highest BCUT2D eigenvalue weighted by Crippen LogP contribution is 2.17. The zero-order chi connectivity index (χ0) is 13.1. The number of amides is 1. The molecule has 98 valence electrons. The van der Waals surface area contributed by atoms with Crippen LogP contribution in [0.3, 0.4) is 0 Å². The van der Waals surface area contributed by atoms with E-state index in [1.54, 1.807) is 0 Å². The molecule has 1 N–H and O–H groups in total. The zero-order valence-corrected chi connectivity index (χ0v) is 11.8. The van der Waals surface area contributed by atoms with Crippen LogP contribution in [-0.2, 0) is 0 Å². The van der Waals surface area contributed by atoms with Crippen molar-refractivity contribution in [2.45, 2.75) is 18.9 Å². The summed E-state index contributed by atoms with van der Waals surface area (Å²) in [7, 11) is 2.05. The second-order valence-electron chi connectivity index (χ2n) is 4.70. The Labute approximate surface area is 114 Å². The predicted molar refractivity (Wildman–Crippen MR) is 72.1 cm³/mol. The van der Waals surface area contributed by atoms with Crippen molar-refractivity contribution >= 4 is 21.8 Å². The van der Waals surface area contributed by atoms with E-state index in [2.05, 4.69) is 26.1 Å². The van der Waals surface area contributed by atoms with Gasteiger partial charge in [0.1, 0.15) is 5.82 Å². The summed E-state index contributed by atoms with van der Waals surface area (Å²) in [4.78, 5) is 14.2. The van der Waals surface area contributed by atoms with Crippen LogP contribution < -0.4 is 5.32 Å². The predicted octanol–water partition coefficient (Wildman–Crippen LogP) is 2.41. The monoisotopic (exact) mass is 314 g/mol. The van der Waals surface area contributed by atoms with E-state index in [0.717, 1.165) is 25.9 Å². The van der Waals surface area contributed by atoms with Gasteiger partial charge in [-0.05, 0) is 60.6 Å². The molecule has 0 bridgehead atoms. The summed E-state index contributed by atoms with van der Waals surface area (Å²) >= 11 is 3.09. The molecule has 2 rings (SSSR count). The van der Waals surface area contributed by atoms with Gasteiger partial charge in [-0.2, -0.15) is 0 Å². The molecule has 1 aliphatic rings. The van der Waals surface area contributed by atoms with E-state index < -0.39 is 0 Å². The third-order valence-electron chi connectivity index (χ3n) is 3.14. The van der Waals surface area contributed by atoms with Crippen molar-refractivity contribution in [1.82, 2.24) is 10.2 Å². The molecule has 1 saturated heterocycles. The molecule has 0 spiro atoms. The lowest BCUT2D eigenvalue weighted by molar-refractivity contribution is 0.0912. The van der Waals surface area contributed by atoms with E-state index >= 15 is 0 Å². The number of carbonyl (C=O) groups is 1. The van der Waals surface area contributed by atoms with E-state index in [1.165, 1.54) is 18.2 Å². The van der Waals surface area contributed by atoms with Crippen LogP contribution in [0.25, 0.3) is 0 Å². The van der Waals surface area contributed by atoms with Gasteiger partial charge in [0.05, 0.1) is 4.47 Å². The molecule has 1 aliphatic heterocycles. The van der Waals surface area contributed by atoms with Crippen molar-refractivity contribution < 1.29 is 9.18 Å². The fourth-order valence-electron chi connectivity index (χ4n) is 2.19. The minimum atomic E-state index is -0.357. The van der Waals surface area contributed by atoms with Crippen LogP contribution in [0.1, 0.15) is 23.2 Å². The molecule has 18 heavy (non-hydrogen) atoms. The SMILES string of the molecule is CN1CCCC(NC(=O)c2ccc(F)c(Br)c2)C1. The van der Waals surface area contributed by atoms with E-state index in [9.17, 15) is 9.18 Å². The normalized spacial score (nSPS) is 20.7. The van der Waals surface area contributed by atoms with Crippen molar-refractivity contribution in [3.8, 4) is 0 Å². The number of hydrogen-bond acceptors (Lipinski definition) is 2. The van der Waals surface area contributed by atoms with Gasteiger partial charge < -0.3 is 10.2 Å². The van der Waals surface area contributed by atoms with Crippen molar-refractivity contribution in [2.24, 2.45) is 0 Å². The molecular formula is C13H16BrFN2O. The van der Waals surface area contributed by atoms with Crippen LogP contribution in [0.5, 0.6) is 0 Å². The Hall–Kier alpha value is -0.940. The Kier molecular flexibility index (Phi) is 4.35. The maximum absolute atomic E-state index is 13.1. The van der Waals surface area contributed by atoms with Gasteiger partial charge in [-0.3, -0.25) is 4.79 Å². The summed E-state index contributed by atoms with van der Waals surface area (Å²) < 4.78 is 13.4. The molecule has 1 aromatic carbocycles. The van der Waals surface area contributed by atoms with Crippen LogP contribution >= 0.6 is 15.9 Å². The Morgan fingerprint density at radius 2 is 2.33 bits per heavy atom. The standard InChI is InChI=1S/C13H16BrFN2O/c1-17-6-2-3-10(8-17)16-13(18)9-4-5-12(15)11(14)7-9/h4-5,7,10H,2-3,6,8H2,1H3,(H,16,18). The first kappa shape index (κ1) is 13.5. The third kappa shape index (κ3) is 3.29. The molecule has 3 nitrogen and oxygen atoms in total. The van der Waals surface area contributed by atoms with Gasteiger partial charge in [0.15, 0.2) is 0 Å². The number of benzene rings is 1. The average molecular weight is 315 g/mol. The first-order chi connectivity index (χ1) is 8.56. The molecule has 0 aliphatic carbocycles. The molecule has 1 unspecified atom stereocenters. The van der Waals surface area contributed by atoms with Crippen molar-refractivity contribution in [1.29, 1.82) is 0 Å². The summed E-state index contributed by atoms with van der Waals surface area (Å²) in [5, 5.41) is 2.99. The minimum absolute atomic E-state index is 0.143. The molecule has 1 atom stereocenters. The number of halogens is 2. The number of carbonyl (C=O) groups excluding carboxylic acids is 1. The molecule has 0 radical (unpaired) electrons. The molecule has 1 amide bonds. The zero-order valence-electron chi connectivity index (χ0n) is 10.2. The maximum Gasteiger partial charge on any atom is 0.251 e. The van der Waals surface area contributed by atoms with Gasteiger partial charge in [0.25, 0.3) is 5.91 Å². The lowest BCUT2D eigenvalue weighted by Crippen LogP contribution is -2.46. The Bertz CT molecular complexity index is 453. The van der Waals surface area contributed by atoms with Gasteiger partial charge in [-0.1, -0.05) is 0 Å². The van der Waals surface area contributed by atoms with Crippen LogP contribution in [0, 0.1) is 5.82 Å². The van der Waals surface area contributed by atoms with E-state index in [-0.39, 0.29) is 17.8 Å². The molecule has 1 fully saturated rings. The summed E-state index contributed by atoms with van der Waals surface area (Å²) in [6, 6.07) is 4.49. The number of rotatable bonds is 2. The first-order valence-corrected chi connectivity index (χ1v) is 6.80. The van der Waals surface area contributed by atoms with E-state index in [0.29, 0.717) is 10.0 Å². The highest BCUT2D eigenvalue weighted by molar-refractivity contribution is 9.10. The van der Waals surface area contributed by atoms with Crippen LogP contribution in [0.2, 0.25) is 0 Å². The molecule has 1 aromatic rings. The fourth-order valence-corrected chi connectivity index (χ4v) is 2.57. The van der Waals surface area contributed by atoms with Gasteiger partial charge in [-0.15, -0.1) is 0 Å². The first-order valence-electron chi connectivity index (χ1n) is 6.00. The number of hydrogen-bond donors (Lipinski definition) is 1. The molecule has 0 aromatic heterocycles. The number of piperidine rings is 1. The average Bonchev–Trinajstić information content (AvgIpc) is 2.32. The van der Waals surface area contributed by atoms with Crippen molar-refractivity contribution in [3.05, 3.63) is 34.1 Å². The lowest BCUT2D eigenvalue weighted by atomic mass is 10.1. The lowest BCUT2D eigenvalue weighted by Gasteiger charge is -2.30. The summed E-state index contributed by atoms with van der Waals surface area (Å²) in [5.74, 6) is -0.500. The van der Waals surface area contributed by atoms with Crippen LogP contribution in [0.4, 0.5) is 4.39 Å². The van der Waals surface area contributed by atoms with Gasteiger partial charge in [0, 0.05) is 18.2 Å². The maximum atomic E-state index is 13.1. The van der Waals surface area contributed by atoms with Gasteiger partial charge in [0.2, 0.25) is 0 Å². The van der Waals surface area contributed by atoms with Gasteiger partial charge >= 0.3 is 0 Å². The minimum Gasteiger partial charge on any atom is -0.348 e.